The highest BCUT2D eigenvalue weighted by Gasteiger charge is 2.38. The molecule has 2 aliphatic rings. The molecule has 1 aromatic heterocycles. The van der Waals surface area contributed by atoms with E-state index in [-0.39, 0.29) is 18.1 Å². The number of carbonyl (C=O) groups is 1. The third kappa shape index (κ3) is 2.14. The summed E-state index contributed by atoms with van der Waals surface area (Å²) >= 11 is 0. The van der Waals surface area contributed by atoms with E-state index < -0.39 is 0 Å². The summed E-state index contributed by atoms with van der Waals surface area (Å²) in [5.41, 5.74) is 1.18. The van der Waals surface area contributed by atoms with E-state index in [1.165, 1.54) is 5.69 Å². The zero-order valence-corrected chi connectivity index (χ0v) is 10.6. The molecule has 1 N–H and O–H groups in total. The number of likely N-dealkylation sites (tertiary alicyclic amines) is 1. The highest BCUT2D eigenvalue weighted by atomic mass is 16.6. The monoisotopic (exact) mass is 249 g/mol. The first kappa shape index (κ1) is 11.7. The van der Waals surface area contributed by atoms with Crippen molar-refractivity contribution in [3.05, 3.63) is 18.0 Å². The highest BCUT2D eigenvalue weighted by Crippen LogP contribution is 2.29. The Morgan fingerprint density at radius 1 is 1.56 bits per heavy atom. The summed E-state index contributed by atoms with van der Waals surface area (Å²) in [6, 6.07) is 2.00. The van der Waals surface area contributed by atoms with Gasteiger partial charge in [-0.2, -0.15) is 5.10 Å². The number of hydrogen-bond acceptors (Lipinski definition) is 4. The second kappa shape index (κ2) is 4.72. The average molecular weight is 249 g/mol. The molecule has 2 fully saturated rings. The van der Waals surface area contributed by atoms with Crippen molar-refractivity contribution in [2.45, 2.75) is 44.2 Å². The van der Waals surface area contributed by atoms with Crippen LogP contribution in [0.1, 0.15) is 37.8 Å². The number of nitrogens with one attached hydrogen (secondary N) is 1. The summed E-state index contributed by atoms with van der Waals surface area (Å²) in [5, 5.41) is 7.06. The van der Waals surface area contributed by atoms with Crippen LogP contribution in [0.4, 0.5) is 0 Å². The van der Waals surface area contributed by atoms with Crippen LogP contribution < -0.4 is 0 Å². The fraction of sp³-hybridized carbons (Fsp3) is 0.692. The molecule has 5 nitrogen and oxygen atoms in total. The van der Waals surface area contributed by atoms with Crippen molar-refractivity contribution in [1.82, 2.24) is 15.1 Å². The molecule has 0 bridgehead atoms. The molecular weight excluding hydrogens is 230 g/mol. The Labute approximate surface area is 107 Å². The molecule has 2 aliphatic heterocycles. The lowest BCUT2D eigenvalue weighted by atomic mass is 9.93. The first-order chi connectivity index (χ1) is 8.74. The Hall–Kier alpha value is -1.36. The van der Waals surface area contributed by atoms with Crippen molar-refractivity contribution >= 4 is 5.97 Å². The Morgan fingerprint density at radius 3 is 3.11 bits per heavy atom. The average Bonchev–Trinajstić information content (AvgIpc) is 2.99. The molecule has 5 heteroatoms. The van der Waals surface area contributed by atoms with Gasteiger partial charge in [0, 0.05) is 30.8 Å². The van der Waals surface area contributed by atoms with Crippen LogP contribution in [0, 0.1) is 0 Å². The van der Waals surface area contributed by atoms with E-state index in [9.17, 15) is 4.79 Å². The van der Waals surface area contributed by atoms with E-state index in [1.54, 1.807) is 6.20 Å². The molecule has 3 rings (SSSR count). The quantitative estimate of drug-likeness (QED) is 0.802. The summed E-state index contributed by atoms with van der Waals surface area (Å²) < 4.78 is 5.25. The maximum atomic E-state index is 11.8. The number of esters is 1. The minimum Gasteiger partial charge on any atom is -0.461 e. The SMILES string of the molecule is C[C@@H]1C[C@H](N2CCC[C@H](c3ccn[nH]3)C2)C(=O)O1. The van der Waals surface area contributed by atoms with E-state index in [4.69, 9.17) is 4.74 Å². The molecule has 18 heavy (non-hydrogen) atoms. The maximum absolute atomic E-state index is 11.8. The Balaban J connectivity index is 1.69. The molecule has 0 saturated carbocycles. The van der Waals surface area contributed by atoms with Crippen LogP contribution in [0.25, 0.3) is 0 Å². The fourth-order valence-electron chi connectivity index (χ4n) is 3.07. The lowest BCUT2D eigenvalue weighted by molar-refractivity contribution is -0.145. The van der Waals surface area contributed by atoms with Gasteiger partial charge < -0.3 is 4.74 Å². The van der Waals surface area contributed by atoms with Gasteiger partial charge >= 0.3 is 5.97 Å². The number of carbonyl (C=O) groups excluding carboxylic acids is 1. The standard InChI is InChI=1S/C13H19N3O2/c1-9-7-12(13(17)18-9)16-6-2-3-10(8-16)11-4-5-14-15-11/h4-5,9-10,12H,2-3,6-8H2,1H3,(H,14,15)/t9-,10+,12+/m1/s1. The van der Waals surface area contributed by atoms with Crippen LogP contribution in [-0.4, -0.2) is 46.3 Å². The first-order valence-corrected chi connectivity index (χ1v) is 6.68. The van der Waals surface area contributed by atoms with E-state index in [2.05, 4.69) is 15.1 Å². The van der Waals surface area contributed by atoms with Gasteiger partial charge in [0.15, 0.2) is 0 Å². The Bertz CT molecular complexity index is 418. The van der Waals surface area contributed by atoms with Crippen LogP contribution in [0.15, 0.2) is 12.3 Å². The minimum atomic E-state index is -0.0484. The summed E-state index contributed by atoms with van der Waals surface area (Å²) in [6.45, 7) is 3.89. The third-order valence-electron chi connectivity index (χ3n) is 4.00. The molecule has 0 radical (unpaired) electrons. The molecular formula is C13H19N3O2. The predicted octanol–water partition coefficient (Wildman–Crippen LogP) is 1.29. The molecule has 3 heterocycles. The van der Waals surface area contributed by atoms with Gasteiger partial charge in [0.2, 0.25) is 0 Å². The zero-order valence-electron chi connectivity index (χ0n) is 10.6. The first-order valence-electron chi connectivity index (χ1n) is 6.68. The molecule has 0 aromatic carbocycles. The maximum Gasteiger partial charge on any atom is 0.323 e. The number of nitrogens with zero attached hydrogens (tertiary/aromatic N) is 2. The van der Waals surface area contributed by atoms with Gasteiger partial charge in [0.05, 0.1) is 0 Å². The Kier molecular flexibility index (Phi) is 3.07. The number of rotatable bonds is 2. The molecule has 0 unspecified atom stereocenters. The van der Waals surface area contributed by atoms with Crippen LogP contribution in [0.2, 0.25) is 0 Å². The van der Waals surface area contributed by atoms with Crippen molar-refractivity contribution in [3.63, 3.8) is 0 Å². The van der Waals surface area contributed by atoms with Gasteiger partial charge in [-0.1, -0.05) is 0 Å². The smallest absolute Gasteiger partial charge is 0.323 e. The van der Waals surface area contributed by atoms with Crippen molar-refractivity contribution in [3.8, 4) is 0 Å². The van der Waals surface area contributed by atoms with Crippen LogP contribution >= 0.6 is 0 Å². The normalized spacial score (nSPS) is 33.6. The van der Waals surface area contributed by atoms with Gasteiger partial charge in [-0.25, -0.2) is 0 Å². The van der Waals surface area contributed by atoms with Gasteiger partial charge in [-0.3, -0.25) is 14.8 Å². The van der Waals surface area contributed by atoms with Crippen LogP contribution in [0.5, 0.6) is 0 Å². The minimum absolute atomic E-state index is 0.0364. The Morgan fingerprint density at radius 2 is 2.44 bits per heavy atom. The second-order valence-corrected chi connectivity index (χ2v) is 5.35. The lowest BCUT2D eigenvalue weighted by Gasteiger charge is -2.34. The van der Waals surface area contributed by atoms with Gasteiger partial charge in [0.25, 0.3) is 0 Å². The van der Waals surface area contributed by atoms with Gasteiger partial charge in [-0.05, 0) is 32.4 Å². The summed E-state index contributed by atoms with van der Waals surface area (Å²) in [6.07, 6.45) is 4.97. The van der Waals surface area contributed by atoms with Gasteiger partial charge in [-0.15, -0.1) is 0 Å². The second-order valence-electron chi connectivity index (χ2n) is 5.35. The van der Waals surface area contributed by atoms with Crippen molar-refractivity contribution < 1.29 is 9.53 Å². The number of hydrogen-bond donors (Lipinski definition) is 1. The summed E-state index contributed by atoms with van der Waals surface area (Å²) in [4.78, 5) is 14.1. The van der Waals surface area contributed by atoms with Crippen molar-refractivity contribution in [2.24, 2.45) is 0 Å². The highest BCUT2D eigenvalue weighted by molar-refractivity contribution is 5.78. The number of cyclic esters (lactones) is 1. The largest absolute Gasteiger partial charge is 0.461 e. The van der Waals surface area contributed by atoms with Crippen molar-refractivity contribution in [1.29, 1.82) is 0 Å². The fourth-order valence-corrected chi connectivity index (χ4v) is 3.07. The van der Waals surface area contributed by atoms with Gasteiger partial charge in [0.1, 0.15) is 12.1 Å². The molecule has 0 amide bonds. The number of aromatic nitrogens is 2. The predicted molar refractivity (Wildman–Crippen MR) is 66.1 cm³/mol. The molecule has 0 aliphatic carbocycles. The van der Waals surface area contributed by atoms with E-state index >= 15 is 0 Å². The number of ether oxygens (including phenoxy) is 1. The molecule has 1 aromatic rings. The third-order valence-corrected chi connectivity index (χ3v) is 4.00. The molecule has 98 valence electrons. The van der Waals surface area contributed by atoms with Crippen LogP contribution in [-0.2, 0) is 9.53 Å². The number of aromatic amines is 1. The number of H-pyrrole nitrogens is 1. The van der Waals surface area contributed by atoms with Crippen LogP contribution in [0.3, 0.4) is 0 Å². The van der Waals surface area contributed by atoms with Crippen molar-refractivity contribution in [2.75, 3.05) is 13.1 Å². The molecule has 0 spiro atoms. The van der Waals surface area contributed by atoms with E-state index in [1.807, 2.05) is 13.0 Å². The van der Waals surface area contributed by atoms with E-state index in [0.29, 0.717) is 5.92 Å². The molecule has 3 atom stereocenters. The summed E-state index contributed by atoms with van der Waals surface area (Å²) in [5.74, 6) is 0.415. The molecule has 2 saturated heterocycles. The topological polar surface area (TPSA) is 58.2 Å². The summed E-state index contributed by atoms with van der Waals surface area (Å²) in [7, 11) is 0. The van der Waals surface area contributed by atoms with E-state index in [0.717, 1.165) is 32.4 Å². The zero-order chi connectivity index (χ0) is 12.5. The lowest BCUT2D eigenvalue weighted by Crippen LogP contribution is -2.44. The number of piperidine rings is 1.